The fourth-order valence-electron chi connectivity index (χ4n) is 1.58. The highest BCUT2D eigenvalue weighted by Crippen LogP contribution is 2.23. The standard InChI is InChI=1S/C12H13FN2O4S/c1-3-7-14(8-4-2)20(18,19)10-5-6-12(15(16)17)11(13)9-10/h1,5-6,9H,4,7-8H2,2H3. The van der Waals surface area contributed by atoms with E-state index in [-0.39, 0.29) is 18.0 Å². The maximum absolute atomic E-state index is 13.5. The summed E-state index contributed by atoms with van der Waals surface area (Å²) < 4.78 is 39.0. The van der Waals surface area contributed by atoms with Crippen LogP contribution in [0.25, 0.3) is 0 Å². The minimum absolute atomic E-state index is 0.144. The van der Waals surface area contributed by atoms with Crippen LogP contribution < -0.4 is 0 Å². The number of nitro groups is 1. The fourth-order valence-corrected chi connectivity index (χ4v) is 3.04. The van der Waals surface area contributed by atoms with E-state index in [1.165, 1.54) is 0 Å². The van der Waals surface area contributed by atoms with Crippen molar-refractivity contribution in [3.8, 4) is 12.3 Å². The Bertz CT molecular complexity index is 652. The fraction of sp³-hybridized carbons (Fsp3) is 0.333. The van der Waals surface area contributed by atoms with Crippen LogP contribution in [-0.2, 0) is 10.0 Å². The highest BCUT2D eigenvalue weighted by molar-refractivity contribution is 7.89. The number of nitro benzene ring substituents is 1. The van der Waals surface area contributed by atoms with Gasteiger partial charge in [0.25, 0.3) is 0 Å². The van der Waals surface area contributed by atoms with Crippen molar-refractivity contribution in [3.05, 3.63) is 34.1 Å². The van der Waals surface area contributed by atoms with Crippen LogP contribution in [-0.4, -0.2) is 30.7 Å². The maximum atomic E-state index is 13.5. The van der Waals surface area contributed by atoms with Crippen molar-refractivity contribution in [2.24, 2.45) is 0 Å². The number of hydrogen-bond donors (Lipinski definition) is 0. The maximum Gasteiger partial charge on any atom is 0.304 e. The lowest BCUT2D eigenvalue weighted by atomic mass is 10.3. The molecule has 0 saturated carbocycles. The van der Waals surface area contributed by atoms with Crippen molar-refractivity contribution in [2.75, 3.05) is 13.1 Å². The third kappa shape index (κ3) is 3.31. The molecule has 108 valence electrons. The molecule has 0 atom stereocenters. The van der Waals surface area contributed by atoms with E-state index in [9.17, 15) is 22.9 Å². The molecule has 0 aromatic heterocycles. The third-order valence-corrected chi connectivity index (χ3v) is 4.34. The Kier molecular flexibility index (Phi) is 5.19. The van der Waals surface area contributed by atoms with E-state index in [4.69, 9.17) is 6.42 Å². The zero-order valence-electron chi connectivity index (χ0n) is 10.7. The second-order valence-corrected chi connectivity index (χ2v) is 5.85. The molecular weight excluding hydrogens is 287 g/mol. The number of nitrogens with zero attached hydrogens (tertiary/aromatic N) is 2. The van der Waals surface area contributed by atoms with E-state index < -0.39 is 26.5 Å². The second kappa shape index (κ2) is 6.45. The van der Waals surface area contributed by atoms with Gasteiger partial charge in [0, 0.05) is 18.7 Å². The van der Waals surface area contributed by atoms with Gasteiger partial charge >= 0.3 is 5.69 Å². The Labute approximate surface area is 116 Å². The first-order valence-electron chi connectivity index (χ1n) is 5.72. The van der Waals surface area contributed by atoms with Crippen LogP contribution in [0.4, 0.5) is 10.1 Å². The molecule has 0 saturated heterocycles. The summed E-state index contributed by atoms with van der Waals surface area (Å²) in [6, 6.07) is 2.45. The molecule has 0 unspecified atom stereocenters. The summed E-state index contributed by atoms with van der Waals surface area (Å²) in [5.41, 5.74) is -0.775. The van der Waals surface area contributed by atoms with Crippen molar-refractivity contribution in [1.82, 2.24) is 4.31 Å². The summed E-state index contributed by atoms with van der Waals surface area (Å²) in [4.78, 5) is 9.22. The van der Waals surface area contributed by atoms with Crippen LogP contribution in [0.5, 0.6) is 0 Å². The smallest absolute Gasteiger partial charge is 0.258 e. The Morgan fingerprint density at radius 2 is 2.15 bits per heavy atom. The quantitative estimate of drug-likeness (QED) is 0.455. The molecule has 8 heteroatoms. The number of terminal acetylenes is 1. The third-order valence-electron chi connectivity index (χ3n) is 2.49. The molecule has 0 bridgehead atoms. The molecule has 0 aliphatic heterocycles. The largest absolute Gasteiger partial charge is 0.304 e. The first-order valence-corrected chi connectivity index (χ1v) is 7.16. The molecule has 0 aliphatic carbocycles. The predicted octanol–water partition coefficient (Wildman–Crippen LogP) is 1.77. The molecule has 0 heterocycles. The van der Waals surface area contributed by atoms with E-state index in [1.54, 1.807) is 6.92 Å². The first kappa shape index (κ1) is 16.1. The average Bonchev–Trinajstić information content (AvgIpc) is 2.37. The topological polar surface area (TPSA) is 80.5 Å². The van der Waals surface area contributed by atoms with Crippen LogP contribution in [0.1, 0.15) is 13.3 Å². The summed E-state index contributed by atoms with van der Waals surface area (Å²) in [7, 11) is -3.96. The Morgan fingerprint density at radius 1 is 1.50 bits per heavy atom. The molecule has 0 radical (unpaired) electrons. The van der Waals surface area contributed by atoms with Crippen LogP contribution in [0, 0.1) is 28.3 Å². The number of benzene rings is 1. The minimum atomic E-state index is -3.96. The van der Waals surface area contributed by atoms with Crippen LogP contribution in [0.3, 0.4) is 0 Å². The molecule has 0 fully saturated rings. The zero-order chi connectivity index (χ0) is 15.3. The SMILES string of the molecule is C#CCN(CCC)S(=O)(=O)c1ccc([N+](=O)[O-])c(F)c1. The molecule has 1 aromatic rings. The lowest BCUT2D eigenvalue weighted by molar-refractivity contribution is -0.387. The van der Waals surface area contributed by atoms with Gasteiger partial charge < -0.3 is 0 Å². The van der Waals surface area contributed by atoms with Crippen molar-refractivity contribution in [2.45, 2.75) is 18.2 Å². The highest BCUT2D eigenvalue weighted by atomic mass is 32.2. The van der Waals surface area contributed by atoms with Crippen molar-refractivity contribution in [1.29, 1.82) is 0 Å². The van der Waals surface area contributed by atoms with Crippen molar-refractivity contribution >= 4 is 15.7 Å². The molecular formula is C12H13FN2O4S. The normalized spacial score (nSPS) is 11.3. The molecule has 20 heavy (non-hydrogen) atoms. The summed E-state index contributed by atoms with van der Waals surface area (Å²) in [5, 5.41) is 10.5. The molecule has 1 aromatic carbocycles. The summed E-state index contributed by atoms with van der Waals surface area (Å²) in [5.74, 6) is 1.02. The van der Waals surface area contributed by atoms with Gasteiger partial charge in [0.05, 0.1) is 16.4 Å². The molecule has 1 rings (SSSR count). The summed E-state index contributed by atoms with van der Waals surface area (Å²) in [6.07, 6.45) is 5.65. The molecule has 0 spiro atoms. The Hall–Kier alpha value is -1.98. The van der Waals surface area contributed by atoms with Crippen molar-refractivity contribution < 1.29 is 17.7 Å². The monoisotopic (exact) mass is 300 g/mol. The number of hydrogen-bond acceptors (Lipinski definition) is 4. The number of rotatable bonds is 6. The predicted molar refractivity (Wildman–Crippen MR) is 70.9 cm³/mol. The van der Waals surface area contributed by atoms with E-state index in [1.807, 2.05) is 0 Å². The van der Waals surface area contributed by atoms with E-state index in [2.05, 4.69) is 5.92 Å². The van der Waals surface area contributed by atoms with E-state index >= 15 is 0 Å². The lowest BCUT2D eigenvalue weighted by Gasteiger charge is -2.19. The summed E-state index contributed by atoms with van der Waals surface area (Å²) >= 11 is 0. The van der Waals surface area contributed by atoms with Gasteiger partial charge in [-0.05, 0) is 12.5 Å². The van der Waals surface area contributed by atoms with Gasteiger partial charge in [-0.2, -0.15) is 8.70 Å². The van der Waals surface area contributed by atoms with Gasteiger partial charge in [0.1, 0.15) is 0 Å². The van der Waals surface area contributed by atoms with Crippen molar-refractivity contribution in [3.63, 3.8) is 0 Å². The average molecular weight is 300 g/mol. The number of sulfonamides is 1. The lowest BCUT2D eigenvalue weighted by Crippen LogP contribution is -2.32. The van der Waals surface area contributed by atoms with Gasteiger partial charge in [-0.15, -0.1) is 6.42 Å². The molecule has 0 N–H and O–H groups in total. The highest BCUT2D eigenvalue weighted by Gasteiger charge is 2.26. The van der Waals surface area contributed by atoms with E-state index in [0.717, 1.165) is 16.4 Å². The van der Waals surface area contributed by atoms with Gasteiger partial charge in [0.2, 0.25) is 15.8 Å². The van der Waals surface area contributed by atoms with Gasteiger partial charge in [0.15, 0.2) is 0 Å². The second-order valence-electron chi connectivity index (χ2n) is 3.91. The zero-order valence-corrected chi connectivity index (χ0v) is 11.6. The van der Waals surface area contributed by atoms with Crippen LogP contribution in [0.15, 0.2) is 23.1 Å². The van der Waals surface area contributed by atoms with Crippen LogP contribution in [0.2, 0.25) is 0 Å². The van der Waals surface area contributed by atoms with Crippen LogP contribution >= 0.6 is 0 Å². The van der Waals surface area contributed by atoms with Gasteiger partial charge in [-0.25, -0.2) is 8.42 Å². The summed E-state index contributed by atoms with van der Waals surface area (Å²) in [6.45, 7) is 1.81. The molecule has 6 nitrogen and oxygen atoms in total. The first-order chi connectivity index (χ1) is 9.34. The number of halogens is 1. The van der Waals surface area contributed by atoms with Gasteiger partial charge in [-0.3, -0.25) is 10.1 Å². The van der Waals surface area contributed by atoms with E-state index in [0.29, 0.717) is 12.5 Å². The molecule has 0 amide bonds. The Balaban J connectivity index is 3.25. The Morgan fingerprint density at radius 3 is 2.60 bits per heavy atom. The molecule has 0 aliphatic rings. The van der Waals surface area contributed by atoms with Gasteiger partial charge in [-0.1, -0.05) is 12.8 Å². The minimum Gasteiger partial charge on any atom is -0.258 e.